The van der Waals surface area contributed by atoms with Crippen LogP contribution >= 0.6 is 11.3 Å². The van der Waals surface area contributed by atoms with Gasteiger partial charge in [0.1, 0.15) is 10.5 Å². The topological polar surface area (TPSA) is 88.9 Å². The Morgan fingerprint density at radius 1 is 1.18 bits per heavy atom. The maximum absolute atomic E-state index is 13.4. The summed E-state index contributed by atoms with van der Waals surface area (Å²) in [4.78, 5) is 22.5. The second-order valence-electron chi connectivity index (χ2n) is 8.13. The minimum absolute atomic E-state index is 0.124. The maximum atomic E-state index is 13.4. The van der Waals surface area contributed by atoms with E-state index < -0.39 is 0 Å². The quantitative estimate of drug-likeness (QED) is 0.417. The third-order valence-electron chi connectivity index (χ3n) is 6.10. The molecule has 33 heavy (non-hydrogen) atoms. The maximum Gasteiger partial charge on any atom is 0.291 e. The van der Waals surface area contributed by atoms with Gasteiger partial charge in [-0.05, 0) is 28.8 Å². The van der Waals surface area contributed by atoms with Gasteiger partial charge in [0, 0.05) is 30.6 Å². The van der Waals surface area contributed by atoms with Gasteiger partial charge in [-0.15, -0.1) is 11.3 Å². The largest absolute Gasteiger partial charge is 0.323 e. The van der Waals surface area contributed by atoms with Crippen molar-refractivity contribution in [2.24, 2.45) is 12.0 Å². The van der Waals surface area contributed by atoms with Crippen molar-refractivity contribution < 1.29 is 0 Å². The zero-order chi connectivity index (χ0) is 22.5. The molecule has 0 fully saturated rings. The SMILES string of the molecule is Cn1c2nc(Cc3ccc(C#N)cc3)sc2c2cnn(Cc3cccc4c3C=NC4)c(=O)c21. The molecule has 0 N–H and O–H groups in total. The number of rotatable bonds is 4. The van der Waals surface area contributed by atoms with Crippen molar-refractivity contribution in [2.45, 2.75) is 19.5 Å². The normalized spacial score (nSPS) is 12.5. The van der Waals surface area contributed by atoms with E-state index in [-0.39, 0.29) is 5.56 Å². The van der Waals surface area contributed by atoms with Crippen LogP contribution in [-0.4, -0.2) is 25.5 Å². The molecule has 1 aliphatic heterocycles. The summed E-state index contributed by atoms with van der Waals surface area (Å²) in [5.41, 5.74) is 6.34. The summed E-state index contributed by atoms with van der Waals surface area (Å²) in [5, 5.41) is 15.3. The molecule has 160 valence electrons. The molecule has 0 spiro atoms. The monoisotopic (exact) mass is 450 g/mol. The molecule has 5 aromatic rings. The van der Waals surface area contributed by atoms with Gasteiger partial charge in [0.25, 0.3) is 5.56 Å². The summed E-state index contributed by atoms with van der Waals surface area (Å²) >= 11 is 1.58. The molecule has 0 bridgehead atoms. The molecule has 4 heterocycles. The molecule has 0 aliphatic carbocycles. The van der Waals surface area contributed by atoms with Crippen LogP contribution in [0.25, 0.3) is 21.3 Å². The molecule has 0 atom stereocenters. The molecular formula is C25H18N6OS. The first-order chi connectivity index (χ1) is 16.1. The van der Waals surface area contributed by atoms with E-state index in [0.29, 0.717) is 30.6 Å². The Morgan fingerprint density at radius 3 is 2.85 bits per heavy atom. The summed E-state index contributed by atoms with van der Waals surface area (Å²) in [6.45, 7) is 1.09. The second kappa shape index (κ2) is 7.50. The summed E-state index contributed by atoms with van der Waals surface area (Å²) in [5.74, 6) is 0. The zero-order valence-electron chi connectivity index (χ0n) is 17.8. The van der Waals surface area contributed by atoms with Crippen molar-refractivity contribution in [3.05, 3.63) is 91.8 Å². The van der Waals surface area contributed by atoms with Crippen LogP contribution in [0.5, 0.6) is 0 Å². The average Bonchev–Trinajstić information content (AvgIpc) is 3.53. The minimum atomic E-state index is -0.124. The predicted octanol–water partition coefficient (Wildman–Crippen LogP) is 3.79. The Kier molecular flexibility index (Phi) is 4.45. The summed E-state index contributed by atoms with van der Waals surface area (Å²) in [6.07, 6.45) is 4.34. The van der Waals surface area contributed by atoms with Gasteiger partial charge in [0.2, 0.25) is 0 Å². The molecule has 0 amide bonds. The van der Waals surface area contributed by atoms with E-state index in [2.05, 4.69) is 22.2 Å². The van der Waals surface area contributed by atoms with Crippen LogP contribution in [0.4, 0.5) is 0 Å². The van der Waals surface area contributed by atoms with Crippen LogP contribution in [0.2, 0.25) is 0 Å². The van der Waals surface area contributed by atoms with E-state index in [1.54, 1.807) is 17.5 Å². The van der Waals surface area contributed by atoms with Gasteiger partial charge in [0.15, 0.2) is 5.65 Å². The summed E-state index contributed by atoms with van der Waals surface area (Å²) < 4.78 is 4.37. The molecule has 8 heteroatoms. The molecule has 7 nitrogen and oxygen atoms in total. The van der Waals surface area contributed by atoms with Crippen LogP contribution in [0.3, 0.4) is 0 Å². The number of aliphatic imine (C=N–C) groups is 1. The average molecular weight is 451 g/mol. The molecule has 1 aliphatic rings. The van der Waals surface area contributed by atoms with Crippen molar-refractivity contribution in [1.29, 1.82) is 5.26 Å². The third-order valence-corrected chi connectivity index (χ3v) is 7.17. The fourth-order valence-corrected chi connectivity index (χ4v) is 5.54. The first-order valence-corrected chi connectivity index (χ1v) is 11.4. The van der Waals surface area contributed by atoms with Crippen molar-refractivity contribution in [3.8, 4) is 6.07 Å². The molecule has 0 saturated carbocycles. The van der Waals surface area contributed by atoms with E-state index in [9.17, 15) is 4.79 Å². The molecule has 2 aromatic carbocycles. The van der Waals surface area contributed by atoms with Crippen LogP contribution in [0, 0.1) is 11.3 Å². The highest BCUT2D eigenvalue weighted by Gasteiger charge is 2.19. The van der Waals surface area contributed by atoms with E-state index in [4.69, 9.17) is 10.2 Å². The van der Waals surface area contributed by atoms with E-state index in [1.807, 2.05) is 54.2 Å². The Labute approximate surface area is 192 Å². The fraction of sp³-hybridized carbons (Fsp3) is 0.160. The predicted molar refractivity (Wildman–Crippen MR) is 129 cm³/mol. The number of thiazole rings is 1. The smallest absolute Gasteiger partial charge is 0.291 e. The molecular weight excluding hydrogens is 432 g/mol. The minimum Gasteiger partial charge on any atom is -0.323 e. The van der Waals surface area contributed by atoms with Crippen LogP contribution < -0.4 is 5.56 Å². The number of aromatic nitrogens is 4. The lowest BCUT2D eigenvalue weighted by molar-refractivity contribution is 0.643. The summed E-state index contributed by atoms with van der Waals surface area (Å²) in [6, 6.07) is 15.8. The van der Waals surface area contributed by atoms with Crippen molar-refractivity contribution in [2.75, 3.05) is 0 Å². The first kappa shape index (κ1) is 19.6. The molecule has 0 radical (unpaired) electrons. The van der Waals surface area contributed by atoms with Crippen molar-refractivity contribution in [3.63, 3.8) is 0 Å². The van der Waals surface area contributed by atoms with Gasteiger partial charge in [-0.3, -0.25) is 9.79 Å². The van der Waals surface area contributed by atoms with E-state index in [1.165, 1.54) is 10.2 Å². The fourth-order valence-electron chi connectivity index (χ4n) is 4.40. The lowest BCUT2D eigenvalue weighted by Crippen LogP contribution is -2.25. The Bertz CT molecular complexity index is 1680. The number of aryl methyl sites for hydroxylation is 1. The van der Waals surface area contributed by atoms with Gasteiger partial charge < -0.3 is 4.57 Å². The number of fused-ring (bicyclic) bond motifs is 4. The van der Waals surface area contributed by atoms with E-state index >= 15 is 0 Å². The van der Waals surface area contributed by atoms with Crippen LogP contribution in [0.15, 0.2) is 58.4 Å². The Balaban J connectivity index is 1.38. The van der Waals surface area contributed by atoms with Crippen LogP contribution in [-0.2, 0) is 26.6 Å². The highest BCUT2D eigenvalue weighted by atomic mass is 32.1. The van der Waals surface area contributed by atoms with Gasteiger partial charge in [0.05, 0.1) is 35.6 Å². The number of hydrogen-bond donors (Lipinski definition) is 0. The zero-order valence-corrected chi connectivity index (χ0v) is 18.6. The van der Waals surface area contributed by atoms with Crippen LogP contribution in [0.1, 0.15) is 32.8 Å². The summed E-state index contributed by atoms with van der Waals surface area (Å²) in [7, 11) is 1.88. The Morgan fingerprint density at radius 2 is 2.03 bits per heavy atom. The van der Waals surface area contributed by atoms with Gasteiger partial charge in [-0.2, -0.15) is 10.4 Å². The number of hydrogen-bond acceptors (Lipinski definition) is 6. The molecule has 3 aromatic heterocycles. The third kappa shape index (κ3) is 3.17. The van der Waals surface area contributed by atoms with Crippen molar-refractivity contribution >= 4 is 38.8 Å². The highest BCUT2D eigenvalue weighted by Crippen LogP contribution is 2.32. The highest BCUT2D eigenvalue weighted by molar-refractivity contribution is 7.19. The molecule has 0 saturated heterocycles. The molecule has 6 rings (SSSR count). The van der Waals surface area contributed by atoms with Crippen molar-refractivity contribution in [1.82, 2.24) is 19.3 Å². The Hall–Kier alpha value is -4.09. The second-order valence-corrected chi connectivity index (χ2v) is 9.22. The number of benzene rings is 2. The van der Waals surface area contributed by atoms with Gasteiger partial charge in [-0.25, -0.2) is 9.67 Å². The lowest BCUT2D eigenvalue weighted by atomic mass is 10.0. The number of nitrogens with zero attached hydrogens (tertiary/aromatic N) is 6. The lowest BCUT2D eigenvalue weighted by Gasteiger charge is -2.09. The molecule has 0 unspecified atom stereocenters. The first-order valence-electron chi connectivity index (χ1n) is 10.6. The van der Waals surface area contributed by atoms with Gasteiger partial charge >= 0.3 is 0 Å². The number of nitriles is 1. The van der Waals surface area contributed by atoms with Gasteiger partial charge in [-0.1, -0.05) is 30.3 Å². The standard InChI is InChI=1S/C25H18N6OS/c1-30-22-20(23-24(30)29-21(33-23)9-15-5-7-16(10-26)8-6-15)13-28-31(25(22)32)14-18-4-2-3-17-11-27-12-19(17)18/h2-8,12-13H,9,11,14H2,1H3. The van der Waals surface area contributed by atoms with E-state index in [0.717, 1.165) is 37.4 Å².